The molecule has 0 spiro atoms. The molecule has 5 rings (SSSR count). The Labute approximate surface area is 248 Å². The van der Waals surface area contributed by atoms with Crippen molar-refractivity contribution in [3.63, 3.8) is 0 Å². The summed E-state index contributed by atoms with van der Waals surface area (Å²) in [6, 6.07) is 13.8. The number of nitrogens with zero attached hydrogens (tertiary/aromatic N) is 2. The van der Waals surface area contributed by atoms with E-state index in [1.165, 1.54) is 10.5 Å². The molecule has 3 N–H and O–H groups in total. The van der Waals surface area contributed by atoms with Gasteiger partial charge in [0.25, 0.3) is 0 Å². The third-order valence-electron chi connectivity index (χ3n) is 9.47. The number of carbonyl (C=O) groups is 2. The van der Waals surface area contributed by atoms with Gasteiger partial charge in [-0.3, -0.25) is 19.4 Å². The highest BCUT2D eigenvalue weighted by molar-refractivity contribution is 6.06. The van der Waals surface area contributed by atoms with Crippen LogP contribution in [0.5, 0.6) is 0 Å². The largest absolute Gasteiger partial charge is 0.459 e. The minimum Gasteiger partial charge on any atom is -0.459 e. The molecule has 1 aromatic heterocycles. The van der Waals surface area contributed by atoms with Crippen molar-refractivity contribution in [2.24, 2.45) is 17.8 Å². The quantitative estimate of drug-likeness (QED) is 0.270. The van der Waals surface area contributed by atoms with Crippen molar-refractivity contribution in [2.45, 2.75) is 77.7 Å². The van der Waals surface area contributed by atoms with Crippen LogP contribution in [-0.4, -0.2) is 68.8 Å². The summed E-state index contributed by atoms with van der Waals surface area (Å²) in [4.78, 5) is 31.4. The van der Waals surface area contributed by atoms with Crippen LogP contribution in [0.2, 0.25) is 0 Å². The van der Waals surface area contributed by atoms with Gasteiger partial charge in [0.1, 0.15) is 18.1 Å². The molecule has 3 heterocycles. The second kappa shape index (κ2) is 13.5. The number of likely N-dealkylation sites (tertiary alicyclic amines) is 2. The molecule has 8 nitrogen and oxygen atoms in total. The van der Waals surface area contributed by atoms with E-state index in [4.69, 9.17) is 4.42 Å². The van der Waals surface area contributed by atoms with E-state index in [-0.39, 0.29) is 31.1 Å². The first-order valence-electron chi connectivity index (χ1n) is 15.3. The monoisotopic (exact) mass is 576 g/mol. The van der Waals surface area contributed by atoms with Gasteiger partial charge in [0, 0.05) is 31.6 Å². The van der Waals surface area contributed by atoms with E-state index in [1.807, 2.05) is 44.2 Å². The maximum absolute atomic E-state index is 13.8. The van der Waals surface area contributed by atoms with Gasteiger partial charge in [-0.15, -0.1) is 0 Å². The van der Waals surface area contributed by atoms with Crippen molar-refractivity contribution in [3.05, 3.63) is 76.3 Å². The fourth-order valence-corrected chi connectivity index (χ4v) is 7.27. The molecule has 226 valence electrons. The average molecular weight is 577 g/mol. The SMILES string of the molecule is CC/C(=C\c1ccc(CO)o1)CC[C@@H](O)C1=C(C)C[C@H]2C(=O)N(C3CCN(Cc4ccccc4)CC3)C(=O)[C@H]2[C@H]1CO. The van der Waals surface area contributed by atoms with E-state index >= 15 is 0 Å². The molecule has 2 aliphatic heterocycles. The number of amides is 2. The predicted molar refractivity (Wildman–Crippen MR) is 160 cm³/mol. The Morgan fingerprint density at radius 1 is 1.07 bits per heavy atom. The van der Waals surface area contributed by atoms with Crippen LogP contribution in [0.3, 0.4) is 0 Å². The highest BCUT2D eigenvalue weighted by Crippen LogP contribution is 2.47. The van der Waals surface area contributed by atoms with E-state index < -0.39 is 23.9 Å². The summed E-state index contributed by atoms with van der Waals surface area (Å²) in [5.74, 6) is -0.801. The van der Waals surface area contributed by atoms with Crippen LogP contribution in [0.1, 0.15) is 69.5 Å². The van der Waals surface area contributed by atoms with Gasteiger partial charge in [-0.05, 0) is 74.8 Å². The molecule has 42 heavy (non-hydrogen) atoms. The van der Waals surface area contributed by atoms with E-state index in [0.29, 0.717) is 30.8 Å². The Kier molecular flexibility index (Phi) is 9.78. The van der Waals surface area contributed by atoms with Crippen LogP contribution in [0.25, 0.3) is 6.08 Å². The molecule has 2 amide bonds. The first-order valence-corrected chi connectivity index (χ1v) is 15.3. The van der Waals surface area contributed by atoms with Crippen molar-refractivity contribution in [2.75, 3.05) is 19.7 Å². The van der Waals surface area contributed by atoms with Crippen LogP contribution in [-0.2, 0) is 22.7 Å². The zero-order valence-corrected chi connectivity index (χ0v) is 24.7. The zero-order valence-electron chi connectivity index (χ0n) is 24.7. The van der Waals surface area contributed by atoms with Crippen molar-refractivity contribution < 1.29 is 29.3 Å². The molecule has 4 atom stereocenters. The second-order valence-electron chi connectivity index (χ2n) is 12.1. The van der Waals surface area contributed by atoms with Crippen LogP contribution in [0.4, 0.5) is 0 Å². The summed E-state index contributed by atoms with van der Waals surface area (Å²) in [5, 5.41) is 31.1. The summed E-state index contributed by atoms with van der Waals surface area (Å²) >= 11 is 0. The molecule has 0 unspecified atom stereocenters. The first kappa shape index (κ1) is 30.4. The minimum atomic E-state index is -0.819. The number of aliphatic hydroxyl groups is 3. The van der Waals surface area contributed by atoms with E-state index in [0.717, 1.165) is 55.6 Å². The third-order valence-corrected chi connectivity index (χ3v) is 9.47. The number of carbonyl (C=O) groups excluding carboxylic acids is 2. The Hall–Kier alpha value is -3.04. The zero-order chi connectivity index (χ0) is 29.8. The average Bonchev–Trinajstić information content (AvgIpc) is 3.56. The molecule has 0 radical (unpaired) electrons. The summed E-state index contributed by atoms with van der Waals surface area (Å²) in [6.45, 7) is 6.04. The number of aliphatic hydroxyl groups excluding tert-OH is 3. The van der Waals surface area contributed by atoms with Gasteiger partial charge in [0.2, 0.25) is 11.8 Å². The standard InChI is InChI=1S/C34H44N2O6/c1-3-23(18-26-10-11-27(20-37)42-26)9-12-30(39)31-22(2)17-28-32(29(31)21-38)34(41)36(33(28)40)25-13-15-35(16-14-25)19-24-7-5-4-6-8-24/h4-8,10-11,18,25,28-30,32,37-39H,3,9,12-17,19-21H2,1-2H3/b23-18+/t28-,29+,30-,32-/m1/s1. The van der Waals surface area contributed by atoms with E-state index in [1.54, 1.807) is 6.07 Å². The lowest BCUT2D eigenvalue weighted by molar-refractivity contribution is -0.144. The van der Waals surface area contributed by atoms with Crippen LogP contribution in [0, 0.1) is 17.8 Å². The van der Waals surface area contributed by atoms with Gasteiger partial charge in [0.05, 0.1) is 24.5 Å². The Bertz CT molecular complexity index is 1310. The molecule has 2 saturated heterocycles. The summed E-state index contributed by atoms with van der Waals surface area (Å²) in [7, 11) is 0. The maximum atomic E-state index is 13.8. The van der Waals surface area contributed by atoms with Gasteiger partial charge in [-0.25, -0.2) is 0 Å². The maximum Gasteiger partial charge on any atom is 0.234 e. The summed E-state index contributed by atoms with van der Waals surface area (Å²) in [5.41, 5.74) is 3.98. The molecule has 2 aromatic rings. The molecule has 8 heteroatoms. The van der Waals surface area contributed by atoms with Crippen molar-refractivity contribution in [1.29, 1.82) is 0 Å². The van der Waals surface area contributed by atoms with Crippen molar-refractivity contribution >= 4 is 17.9 Å². The van der Waals surface area contributed by atoms with Crippen LogP contribution in [0.15, 0.2) is 63.6 Å². The van der Waals surface area contributed by atoms with Gasteiger partial charge in [-0.1, -0.05) is 48.4 Å². The third kappa shape index (κ3) is 6.32. The number of piperidine rings is 1. The second-order valence-corrected chi connectivity index (χ2v) is 12.1. The highest BCUT2D eigenvalue weighted by Gasteiger charge is 2.56. The number of imide groups is 1. The molecular formula is C34H44N2O6. The van der Waals surface area contributed by atoms with Gasteiger partial charge < -0.3 is 19.7 Å². The number of fused-ring (bicyclic) bond motifs is 1. The normalized spacial score (nSPS) is 24.9. The lowest BCUT2D eigenvalue weighted by Crippen LogP contribution is -2.47. The number of benzene rings is 1. The van der Waals surface area contributed by atoms with Crippen LogP contribution >= 0.6 is 0 Å². The lowest BCUT2D eigenvalue weighted by Gasteiger charge is -2.36. The molecule has 0 bridgehead atoms. The van der Waals surface area contributed by atoms with E-state index in [9.17, 15) is 24.9 Å². The van der Waals surface area contributed by atoms with Crippen LogP contribution < -0.4 is 0 Å². The Morgan fingerprint density at radius 3 is 2.45 bits per heavy atom. The number of hydrogen-bond acceptors (Lipinski definition) is 7. The topological polar surface area (TPSA) is 114 Å². The van der Waals surface area contributed by atoms with E-state index in [2.05, 4.69) is 17.0 Å². The number of allylic oxidation sites excluding steroid dienone is 2. The Morgan fingerprint density at radius 2 is 1.81 bits per heavy atom. The molecule has 1 aromatic carbocycles. The number of rotatable bonds is 11. The predicted octanol–water partition coefficient (Wildman–Crippen LogP) is 4.30. The number of hydrogen-bond donors (Lipinski definition) is 3. The van der Waals surface area contributed by atoms with Gasteiger partial charge >= 0.3 is 0 Å². The van der Waals surface area contributed by atoms with Crippen molar-refractivity contribution in [1.82, 2.24) is 9.80 Å². The molecule has 3 aliphatic rings. The van der Waals surface area contributed by atoms with Crippen molar-refractivity contribution in [3.8, 4) is 0 Å². The Balaban J connectivity index is 1.24. The fourth-order valence-electron chi connectivity index (χ4n) is 7.27. The molecule has 2 fully saturated rings. The molecule has 0 saturated carbocycles. The van der Waals surface area contributed by atoms with Gasteiger partial charge in [-0.2, -0.15) is 0 Å². The molecule has 1 aliphatic carbocycles. The molecular weight excluding hydrogens is 532 g/mol. The highest BCUT2D eigenvalue weighted by atomic mass is 16.4. The lowest BCUT2D eigenvalue weighted by atomic mass is 9.68. The fraction of sp³-hybridized carbons (Fsp3) is 0.529. The number of furan rings is 1. The summed E-state index contributed by atoms with van der Waals surface area (Å²) < 4.78 is 5.59. The smallest absolute Gasteiger partial charge is 0.234 e. The van der Waals surface area contributed by atoms with Gasteiger partial charge in [0.15, 0.2) is 0 Å². The summed E-state index contributed by atoms with van der Waals surface area (Å²) in [6.07, 6.45) is 4.90. The minimum absolute atomic E-state index is 0.116. The first-order chi connectivity index (χ1) is 20.3.